The predicted molar refractivity (Wildman–Crippen MR) is 71.9 cm³/mol. The van der Waals surface area contributed by atoms with Crippen molar-refractivity contribution in [1.82, 2.24) is 10.2 Å². The SMILES string of the molecule is O=C1NC(=O)N2C[C@H](CBr)O[C@@H]2[C@H]1c1ccccc1. The van der Waals surface area contributed by atoms with Gasteiger partial charge in [-0.1, -0.05) is 46.3 Å². The summed E-state index contributed by atoms with van der Waals surface area (Å²) in [4.78, 5) is 25.5. The Morgan fingerprint density at radius 1 is 1.32 bits per heavy atom. The summed E-state index contributed by atoms with van der Waals surface area (Å²) >= 11 is 3.35. The Morgan fingerprint density at radius 3 is 2.74 bits per heavy atom. The Balaban J connectivity index is 1.94. The molecule has 3 atom stereocenters. The molecule has 1 N–H and O–H groups in total. The lowest BCUT2D eigenvalue weighted by Gasteiger charge is -2.34. The van der Waals surface area contributed by atoms with Gasteiger partial charge in [0.15, 0.2) is 0 Å². The first kappa shape index (κ1) is 12.6. The molecule has 2 heterocycles. The standard InChI is InChI=1S/C13H13BrN2O3/c14-6-9-7-16-12(19-9)10(11(17)15-13(16)18)8-4-2-1-3-5-8/h1-5,9-10,12H,6-7H2,(H,15,17,18)/t9-,10-,12+/m0/s1. The third-order valence-electron chi connectivity index (χ3n) is 3.43. The monoisotopic (exact) mass is 324 g/mol. The minimum atomic E-state index is -0.508. The molecule has 0 saturated carbocycles. The average molecular weight is 325 g/mol. The van der Waals surface area contributed by atoms with Crippen LogP contribution in [0.15, 0.2) is 30.3 Å². The molecule has 100 valence electrons. The van der Waals surface area contributed by atoms with Crippen LogP contribution in [-0.4, -0.2) is 41.0 Å². The highest BCUT2D eigenvalue weighted by atomic mass is 79.9. The van der Waals surface area contributed by atoms with Crippen molar-refractivity contribution in [3.63, 3.8) is 0 Å². The maximum atomic E-state index is 12.1. The quantitative estimate of drug-likeness (QED) is 0.837. The van der Waals surface area contributed by atoms with Gasteiger partial charge in [0, 0.05) is 5.33 Å². The summed E-state index contributed by atoms with van der Waals surface area (Å²) in [6.45, 7) is 0.498. The first-order valence-corrected chi connectivity index (χ1v) is 7.20. The Bertz CT molecular complexity index is 508. The highest BCUT2D eigenvalue weighted by molar-refractivity contribution is 9.09. The Labute approximate surface area is 119 Å². The van der Waals surface area contributed by atoms with Gasteiger partial charge in [0.1, 0.15) is 12.1 Å². The second-order valence-electron chi connectivity index (χ2n) is 4.64. The smallest absolute Gasteiger partial charge is 0.326 e. The molecule has 0 aliphatic carbocycles. The zero-order valence-electron chi connectivity index (χ0n) is 10.1. The van der Waals surface area contributed by atoms with Crippen LogP contribution in [-0.2, 0) is 9.53 Å². The fourth-order valence-corrected chi connectivity index (χ4v) is 2.90. The Kier molecular flexibility index (Phi) is 3.28. The van der Waals surface area contributed by atoms with Gasteiger partial charge in [0.2, 0.25) is 5.91 Å². The largest absolute Gasteiger partial charge is 0.351 e. The number of nitrogens with one attached hydrogen (secondary N) is 1. The first-order valence-electron chi connectivity index (χ1n) is 6.08. The second kappa shape index (κ2) is 4.94. The highest BCUT2D eigenvalue weighted by Crippen LogP contribution is 2.33. The minimum absolute atomic E-state index is 0.0761. The third kappa shape index (κ3) is 2.15. The lowest BCUT2D eigenvalue weighted by molar-refractivity contribution is -0.129. The van der Waals surface area contributed by atoms with Gasteiger partial charge in [-0.25, -0.2) is 4.79 Å². The number of rotatable bonds is 2. The molecular weight excluding hydrogens is 312 g/mol. The van der Waals surface area contributed by atoms with Crippen molar-refractivity contribution in [2.24, 2.45) is 0 Å². The molecule has 3 amide bonds. The molecule has 0 spiro atoms. The number of hydrogen-bond donors (Lipinski definition) is 1. The number of amides is 3. The molecule has 0 unspecified atom stereocenters. The molecule has 5 nitrogen and oxygen atoms in total. The number of ether oxygens (including phenoxy) is 1. The summed E-state index contributed by atoms with van der Waals surface area (Å²) in [5.74, 6) is -0.768. The number of carbonyl (C=O) groups is 2. The van der Waals surface area contributed by atoms with Crippen molar-refractivity contribution < 1.29 is 14.3 Å². The Morgan fingerprint density at radius 2 is 2.05 bits per heavy atom. The van der Waals surface area contributed by atoms with Gasteiger partial charge in [-0.3, -0.25) is 15.0 Å². The van der Waals surface area contributed by atoms with Crippen LogP contribution in [0.4, 0.5) is 4.79 Å². The molecule has 6 heteroatoms. The van der Waals surface area contributed by atoms with Crippen molar-refractivity contribution in [3.8, 4) is 0 Å². The summed E-state index contributed by atoms with van der Waals surface area (Å²) in [7, 11) is 0. The molecular formula is C13H13BrN2O3. The van der Waals surface area contributed by atoms with Crippen LogP contribution < -0.4 is 5.32 Å². The molecule has 0 aromatic heterocycles. The number of alkyl halides is 1. The molecule has 2 fully saturated rings. The molecule has 0 bridgehead atoms. The van der Waals surface area contributed by atoms with Crippen molar-refractivity contribution in [2.75, 3.05) is 11.9 Å². The number of carbonyl (C=O) groups excluding carboxylic acids is 2. The number of nitrogens with zero attached hydrogens (tertiary/aromatic N) is 1. The zero-order chi connectivity index (χ0) is 13.4. The van der Waals surface area contributed by atoms with E-state index < -0.39 is 12.1 Å². The molecule has 3 rings (SSSR count). The van der Waals surface area contributed by atoms with E-state index in [0.29, 0.717) is 11.9 Å². The van der Waals surface area contributed by atoms with Crippen LogP contribution >= 0.6 is 15.9 Å². The van der Waals surface area contributed by atoms with E-state index in [1.807, 2.05) is 30.3 Å². The molecule has 1 aromatic rings. The van der Waals surface area contributed by atoms with Gasteiger partial charge in [0.25, 0.3) is 0 Å². The lowest BCUT2D eigenvalue weighted by atomic mass is 9.94. The normalized spacial score (nSPS) is 30.2. The van der Waals surface area contributed by atoms with Crippen LogP contribution in [0.1, 0.15) is 11.5 Å². The van der Waals surface area contributed by atoms with Gasteiger partial charge in [0.05, 0.1) is 12.6 Å². The van der Waals surface area contributed by atoms with Gasteiger partial charge in [-0.05, 0) is 5.56 Å². The topological polar surface area (TPSA) is 58.6 Å². The van der Waals surface area contributed by atoms with Crippen molar-refractivity contribution in [2.45, 2.75) is 18.2 Å². The molecule has 2 aliphatic heterocycles. The number of hydrogen-bond acceptors (Lipinski definition) is 3. The van der Waals surface area contributed by atoms with Crippen LogP contribution in [0.3, 0.4) is 0 Å². The van der Waals surface area contributed by atoms with Crippen LogP contribution in [0.5, 0.6) is 0 Å². The maximum Gasteiger partial charge on any atom is 0.326 e. The van der Waals surface area contributed by atoms with E-state index in [0.717, 1.165) is 5.56 Å². The summed E-state index contributed by atoms with van der Waals surface area (Å²) in [6, 6.07) is 9.03. The van der Waals surface area contributed by atoms with E-state index in [1.165, 1.54) is 0 Å². The van der Waals surface area contributed by atoms with E-state index in [-0.39, 0.29) is 18.0 Å². The fourth-order valence-electron chi connectivity index (χ4n) is 2.54. The number of imide groups is 1. The first-order chi connectivity index (χ1) is 9.20. The summed E-state index contributed by atoms with van der Waals surface area (Å²) in [6.07, 6.45) is -0.584. The maximum absolute atomic E-state index is 12.1. The fraction of sp³-hybridized carbons (Fsp3) is 0.385. The van der Waals surface area contributed by atoms with E-state index in [9.17, 15) is 9.59 Å². The van der Waals surface area contributed by atoms with E-state index in [1.54, 1.807) is 4.90 Å². The number of halogens is 1. The number of benzene rings is 1. The molecule has 2 aliphatic rings. The van der Waals surface area contributed by atoms with Crippen molar-refractivity contribution >= 4 is 27.9 Å². The molecule has 2 saturated heterocycles. The van der Waals surface area contributed by atoms with Gasteiger partial charge in [-0.2, -0.15) is 0 Å². The predicted octanol–water partition coefficient (Wildman–Crippen LogP) is 1.44. The van der Waals surface area contributed by atoms with E-state index in [2.05, 4.69) is 21.2 Å². The van der Waals surface area contributed by atoms with Crippen molar-refractivity contribution in [1.29, 1.82) is 0 Å². The summed E-state index contributed by atoms with van der Waals surface area (Å²) in [5, 5.41) is 3.04. The van der Waals surface area contributed by atoms with Gasteiger partial charge in [-0.15, -0.1) is 0 Å². The second-order valence-corrected chi connectivity index (χ2v) is 5.29. The van der Waals surface area contributed by atoms with E-state index >= 15 is 0 Å². The third-order valence-corrected chi connectivity index (χ3v) is 4.15. The minimum Gasteiger partial charge on any atom is -0.351 e. The number of fused-ring (bicyclic) bond motifs is 1. The summed E-state index contributed by atoms with van der Waals surface area (Å²) in [5.41, 5.74) is 0.859. The Hall–Kier alpha value is -1.40. The molecule has 0 radical (unpaired) electrons. The molecule has 19 heavy (non-hydrogen) atoms. The number of urea groups is 1. The van der Waals surface area contributed by atoms with Crippen LogP contribution in [0, 0.1) is 0 Å². The van der Waals surface area contributed by atoms with Gasteiger partial charge < -0.3 is 4.74 Å². The lowest BCUT2D eigenvalue weighted by Crippen LogP contribution is -2.56. The van der Waals surface area contributed by atoms with Crippen LogP contribution in [0.2, 0.25) is 0 Å². The average Bonchev–Trinajstić information content (AvgIpc) is 2.84. The van der Waals surface area contributed by atoms with Gasteiger partial charge >= 0.3 is 6.03 Å². The van der Waals surface area contributed by atoms with E-state index in [4.69, 9.17) is 4.74 Å². The zero-order valence-corrected chi connectivity index (χ0v) is 11.7. The summed E-state index contributed by atoms with van der Waals surface area (Å²) < 4.78 is 5.82. The highest BCUT2D eigenvalue weighted by Gasteiger charge is 2.48. The van der Waals surface area contributed by atoms with Crippen LogP contribution in [0.25, 0.3) is 0 Å². The van der Waals surface area contributed by atoms with Crippen molar-refractivity contribution in [3.05, 3.63) is 35.9 Å². The molecule has 1 aromatic carbocycles.